The van der Waals surface area contributed by atoms with E-state index in [1.165, 1.54) is 14.2 Å². The van der Waals surface area contributed by atoms with Crippen LogP contribution in [0.2, 0.25) is 0 Å². The minimum absolute atomic E-state index is 0.153. The maximum Gasteiger partial charge on any atom is 0.397 e. The Labute approximate surface area is 126 Å². The van der Waals surface area contributed by atoms with E-state index in [9.17, 15) is 4.57 Å². The summed E-state index contributed by atoms with van der Waals surface area (Å²) in [6.45, 7) is 1.72. The average molecular weight is 323 g/mol. The second kappa shape index (κ2) is 5.39. The maximum absolute atomic E-state index is 12.4. The molecule has 3 aromatic rings. The van der Waals surface area contributed by atoms with Crippen molar-refractivity contribution in [3.8, 4) is 10.8 Å². The van der Waals surface area contributed by atoms with Gasteiger partial charge in [0.2, 0.25) is 11.4 Å². The predicted molar refractivity (Wildman–Crippen MR) is 83.3 cm³/mol. The normalized spacial score (nSPS) is 12.1. The van der Waals surface area contributed by atoms with Gasteiger partial charge in [-0.3, -0.25) is 4.57 Å². The zero-order chi connectivity index (χ0) is 15.0. The molecule has 0 radical (unpaired) electrons. The summed E-state index contributed by atoms with van der Waals surface area (Å²) in [4.78, 5) is 5.23. The molecule has 2 aromatic heterocycles. The van der Waals surface area contributed by atoms with Gasteiger partial charge in [-0.05, 0) is 24.4 Å². The van der Waals surface area contributed by atoms with Gasteiger partial charge in [-0.2, -0.15) is 0 Å². The number of benzene rings is 1. The van der Waals surface area contributed by atoms with Crippen LogP contribution in [0.1, 0.15) is 5.69 Å². The van der Waals surface area contributed by atoms with Crippen molar-refractivity contribution in [3.05, 3.63) is 36.0 Å². The van der Waals surface area contributed by atoms with Gasteiger partial charge in [-0.1, -0.05) is 18.2 Å². The molecule has 21 heavy (non-hydrogen) atoms. The second-order valence-corrected chi connectivity index (χ2v) is 7.64. The molecule has 0 bridgehead atoms. The largest absolute Gasteiger partial charge is 0.427 e. The minimum Gasteiger partial charge on any atom is -0.427 e. The third-order valence-electron chi connectivity index (χ3n) is 3.14. The third kappa shape index (κ3) is 2.45. The van der Waals surface area contributed by atoms with Gasteiger partial charge in [-0.15, -0.1) is 11.3 Å². The predicted octanol–water partition coefficient (Wildman–Crippen LogP) is 3.98. The summed E-state index contributed by atoms with van der Waals surface area (Å²) in [5.74, 6) is 0.429. The number of fused-ring (bicyclic) bond motifs is 1. The Kier molecular flexibility index (Phi) is 3.71. The van der Waals surface area contributed by atoms with Crippen LogP contribution in [0, 0.1) is 6.92 Å². The van der Waals surface area contributed by atoms with E-state index in [4.69, 9.17) is 13.5 Å². The van der Waals surface area contributed by atoms with Gasteiger partial charge in [0.05, 0.1) is 10.6 Å². The van der Waals surface area contributed by atoms with Crippen LogP contribution in [-0.4, -0.2) is 19.2 Å². The van der Waals surface area contributed by atoms with Crippen LogP contribution in [0.25, 0.3) is 20.9 Å². The third-order valence-corrected chi connectivity index (χ3v) is 6.12. The van der Waals surface area contributed by atoms with Crippen molar-refractivity contribution in [2.24, 2.45) is 0 Å². The molecule has 0 saturated carbocycles. The Balaban J connectivity index is 2.10. The summed E-state index contributed by atoms with van der Waals surface area (Å²) in [7, 11) is -0.780. The SMILES string of the molecule is COP(=O)(OC)c1oc(-c2cc3ccccc3s2)nc1C. The Morgan fingerprint density at radius 2 is 1.95 bits per heavy atom. The number of thiophene rings is 1. The summed E-state index contributed by atoms with van der Waals surface area (Å²) in [5, 5.41) is 1.12. The molecule has 0 spiro atoms. The number of rotatable bonds is 4. The molecule has 110 valence electrons. The van der Waals surface area contributed by atoms with Gasteiger partial charge in [0.15, 0.2) is 0 Å². The molecule has 7 heteroatoms. The fourth-order valence-corrected chi connectivity index (χ4v) is 4.19. The van der Waals surface area contributed by atoms with Crippen LogP contribution in [-0.2, 0) is 13.6 Å². The Morgan fingerprint density at radius 1 is 1.24 bits per heavy atom. The zero-order valence-electron chi connectivity index (χ0n) is 11.8. The quantitative estimate of drug-likeness (QED) is 0.680. The molecule has 0 saturated heterocycles. The van der Waals surface area contributed by atoms with E-state index in [2.05, 4.69) is 4.98 Å². The molecule has 0 unspecified atom stereocenters. The van der Waals surface area contributed by atoms with Crippen molar-refractivity contribution in [1.82, 2.24) is 4.98 Å². The Morgan fingerprint density at radius 3 is 2.62 bits per heavy atom. The lowest BCUT2D eigenvalue weighted by molar-refractivity contribution is 0.281. The smallest absolute Gasteiger partial charge is 0.397 e. The van der Waals surface area contributed by atoms with Gasteiger partial charge in [0.25, 0.3) is 0 Å². The van der Waals surface area contributed by atoms with Crippen molar-refractivity contribution in [3.63, 3.8) is 0 Å². The molecule has 0 atom stereocenters. The summed E-state index contributed by atoms with van der Waals surface area (Å²) >= 11 is 1.57. The van der Waals surface area contributed by atoms with Crippen molar-refractivity contribution in [2.45, 2.75) is 6.92 Å². The lowest BCUT2D eigenvalue weighted by Gasteiger charge is -2.10. The van der Waals surface area contributed by atoms with E-state index in [1.807, 2.05) is 30.3 Å². The fraction of sp³-hybridized carbons (Fsp3) is 0.214. The van der Waals surface area contributed by atoms with Crippen LogP contribution in [0.4, 0.5) is 0 Å². The first-order valence-electron chi connectivity index (χ1n) is 6.26. The first-order valence-corrected chi connectivity index (χ1v) is 8.62. The van der Waals surface area contributed by atoms with E-state index < -0.39 is 7.60 Å². The zero-order valence-corrected chi connectivity index (χ0v) is 13.5. The molecule has 3 rings (SSSR count). The molecule has 0 aliphatic carbocycles. The molecule has 0 amide bonds. The van der Waals surface area contributed by atoms with Crippen LogP contribution in [0.3, 0.4) is 0 Å². The summed E-state index contributed by atoms with van der Waals surface area (Å²) in [5.41, 5.74) is 0.662. The highest BCUT2D eigenvalue weighted by molar-refractivity contribution is 7.61. The number of aromatic nitrogens is 1. The van der Waals surface area contributed by atoms with E-state index in [1.54, 1.807) is 18.3 Å². The average Bonchev–Trinajstić information content (AvgIpc) is 3.10. The van der Waals surface area contributed by atoms with Gasteiger partial charge in [0, 0.05) is 18.9 Å². The molecular formula is C14H14NO4PS. The summed E-state index contributed by atoms with van der Waals surface area (Å²) < 4.78 is 29.2. The monoisotopic (exact) mass is 323 g/mol. The van der Waals surface area contributed by atoms with Crippen molar-refractivity contribution in [1.29, 1.82) is 0 Å². The second-order valence-electron chi connectivity index (χ2n) is 4.42. The highest BCUT2D eigenvalue weighted by Crippen LogP contribution is 2.47. The van der Waals surface area contributed by atoms with Gasteiger partial charge < -0.3 is 13.5 Å². The molecule has 1 aromatic carbocycles. The Bertz CT molecular complexity index is 797. The number of aryl methyl sites for hydroxylation is 1. The number of oxazole rings is 1. The minimum atomic E-state index is -3.43. The molecule has 0 N–H and O–H groups in total. The topological polar surface area (TPSA) is 61.6 Å². The molecule has 0 fully saturated rings. The lowest BCUT2D eigenvalue weighted by Crippen LogP contribution is -2.08. The first kappa shape index (κ1) is 14.5. The van der Waals surface area contributed by atoms with Crippen LogP contribution < -0.4 is 5.50 Å². The molecule has 5 nitrogen and oxygen atoms in total. The summed E-state index contributed by atoms with van der Waals surface area (Å²) in [6.07, 6.45) is 0. The van der Waals surface area contributed by atoms with E-state index in [0.29, 0.717) is 11.6 Å². The van der Waals surface area contributed by atoms with Crippen LogP contribution in [0.15, 0.2) is 34.7 Å². The van der Waals surface area contributed by atoms with Crippen molar-refractivity contribution in [2.75, 3.05) is 14.2 Å². The molecule has 2 heterocycles. The lowest BCUT2D eigenvalue weighted by atomic mass is 10.2. The number of hydrogen-bond acceptors (Lipinski definition) is 6. The number of hydrogen-bond donors (Lipinski definition) is 0. The van der Waals surface area contributed by atoms with Gasteiger partial charge in [-0.25, -0.2) is 4.98 Å². The molecule has 0 aliphatic rings. The van der Waals surface area contributed by atoms with E-state index >= 15 is 0 Å². The van der Waals surface area contributed by atoms with Gasteiger partial charge in [0.1, 0.15) is 0 Å². The van der Waals surface area contributed by atoms with Crippen molar-refractivity contribution >= 4 is 34.5 Å². The van der Waals surface area contributed by atoms with Crippen molar-refractivity contribution < 1.29 is 18.0 Å². The number of nitrogens with zero attached hydrogens (tertiary/aromatic N) is 1. The van der Waals surface area contributed by atoms with Crippen LogP contribution >= 0.6 is 18.9 Å². The standard InChI is InChI=1S/C14H14NO4PS/c1-9-14(20(16,17-2)18-3)19-13(15-9)12-8-10-6-4-5-7-11(10)21-12/h4-8H,1-3H3. The van der Waals surface area contributed by atoms with Crippen LogP contribution in [0.5, 0.6) is 0 Å². The first-order chi connectivity index (χ1) is 10.1. The maximum atomic E-state index is 12.4. The van der Waals surface area contributed by atoms with Gasteiger partial charge >= 0.3 is 7.60 Å². The van der Waals surface area contributed by atoms with E-state index in [0.717, 1.165) is 15.0 Å². The summed E-state index contributed by atoms with van der Waals surface area (Å²) in [6, 6.07) is 10.0. The van der Waals surface area contributed by atoms with E-state index in [-0.39, 0.29) is 5.50 Å². The molecular weight excluding hydrogens is 309 g/mol. The Hall–Kier alpha value is -1.46. The fourth-order valence-electron chi connectivity index (χ4n) is 2.08. The molecule has 0 aliphatic heterocycles. The highest BCUT2D eigenvalue weighted by atomic mass is 32.1. The highest BCUT2D eigenvalue weighted by Gasteiger charge is 2.33.